The highest BCUT2D eigenvalue weighted by atomic mass is 35.5. The van der Waals surface area contributed by atoms with E-state index in [1.165, 1.54) is 0 Å². The Morgan fingerprint density at radius 1 is 1.37 bits per heavy atom. The van der Waals surface area contributed by atoms with Gasteiger partial charge in [0.1, 0.15) is 5.82 Å². The van der Waals surface area contributed by atoms with Crippen LogP contribution in [-0.2, 0) is 4.79 Å². The standard InChI is InChI=1S/C12H12ClN5O/c13-7-3-1-2-4-8(7)15-12-16-11(17-18-12)9-5-6-10(19)14-9/h1-4,9H,5-6H2,(H,14,19)(H2,15,16,17,18). The molecule has 1 amide bonds. The van der Waals surface area contributed by atoms with Crippen LogP contribution >= 0.6 is 11.6 Å². The lowest BCUT2D eigenvalue weighted by atomic mass is 10.2. The molecule has 1 aliphatic heterocycles. The maximum Gasteiger partial charge on any atom is 0.246 e. The second-order valence-corrected chi connectivity index (χ2v) is 4.72. The number of H-pyrrole nitrogens is 1. The Hall–Kier alpha value is -2.08. The molecule has 3 rings (SSSR count). The Bertz CT molecular complexity index is 612. The summed E-state index contributed by atoms with van der Waals surface area (Å²) in [4.78, 5) is 15.5. The molecule has 1 aliphatic rings. The molecule has 3 N–H and O–H groups in total. The van der Waals surface area contributed by atoms with Crippen LogP contribution in [0.2, 0.25) is 5.02 Å². The topological polar surface area (TPSA) is 82.7 Å². The van der Waals surface area contributed by atoms with Gasteiger partial charge in [0.15, 0.2) is 0 Å². The minimum Gasteiger partial charge on any atom is -0.346 e. The Morgan fingerprint density at radius 2 is 2.21 bits per heavy atom. The number of hydrogen-bond donors (Lipinski definition) is 3. The second-order valence-electron chi connectivity index (χ2n) is 4.31. The minimum atomic E-state index is -0.0817. The molecule has 0 saturated carbocycles. The summed E-state index contributed by atoms with van der Waals surface area (Å²) in [7, 11) is 0. The van der Waals surface area contributed by atoms with Crippen LogP contribution in [0.5, 0.6) is 0 Å². The Labute approximate surface area is 114 Å². The summed E-state index contributed by atoms with van der Waals surface area (Å²) in [6, 6.07) is 7.27. The number of benzene rings is 1. The van der Waals surface area contributed by atoms with Crippen LogP contribution in [0.3, 0.4) is 0 Å². The molecule has 0 bridgehead atoms. The van der Waals surface area contributed by atoms with Crippen molar-refractivity contribution in [2.45, 2.75) is 18.9 Å². The summed E-state index contributed by atoms with van der Waals surface area (Å²) in [5.74, 6) is 1.13. The molecule has 19 heavy (non-hydrogen) atoms. The van der Waals surface area contributed by atoms with E-state index in [9.17, 15) is 4.79 Å². The highest BCUT2D eigenvalue weighted by Crippen LogP contribution is 2.25. The van der Waals surface area contributed by atoms with Crippen molar-refractivity contribution >= 4 is 29.1 Å². The number of aromatic nitrogens is 3. The van der Waals surface area contributed by atoms with Crippen LogP contribution in [-0.4, -0.2) is 21.1 Å². The molecular formula is C12H12ClN5O. The van der Waals surface area contributed by atoms with Crippen LogP contribution in [0.4, 0.5) is 11.6 Å². The lowest BCUT2D eigenvalue weighted by molar-refractivity contribution is -0.119. The number of carbonyl (C=O) groups is 1. The van der Waals surface area contributed by atoms with E-state index in [0.29, 0.717) is 23.2 Å². The van der Waals surface area contributed by atoms with Gasteiger partial charge in [-0.3, -0.25) is 9.89 Å². The van der Waals surface area contributed by atoms with E-state index in [4.69, 9.17) is 11.6 Å². The Balaban J connectivity index is 1.75. The van der Waals surface area contributed by atoms with Crippen LogP contribution in [0.25, 0.3) is 0 Å². The van der Waals surface area contributed by atoms with Crippen molar-refractivity contribution in [3.63, 3.8) is 0 Å². The molecule has 1 fully saturated rings. The van der Waals surface area contributed by atoms with Gasteiger partial charge in [-0.25, -0.2) is 0 Å². The summed E-state index contributed by atoms with van der Waals surface area (Å²) >= 11 is 6.04. The van der Waals surface area contributed by atoms with Gasteiger partial charge < -0.3 is 10.6 Å². The summed E-state index contributed by atoms with van der Waals surface area (Å²) in [6.45, 7) is 0. The van der Waals surface area contributed by atoms with Gasteiger partial charge in [-0.2, -0.15) is 4.98 Å². The number of para-hydroxylation sites is 1. The van der Waals surface area contributed by atoms with E-state index in [0.717, 1.165) is 12.1 Å². The van der Waals surface area contributed by atoms with Crippen LogP contribution in [0.15, 0.2) is 24.3 Å². The third-order valence-electron chi connectivity index (χ3n) is 2.95. The predicted octanol–water partition coefficient (Wildman–Crippen LogP) is 2.15. The molecule has 0 radical (unpaired) electrons. The molecule has 1 atom stereocenters. The van der Waals surface area contributed by atoms with Gasteiger partial charge in [0.25, 0.3) is 0 Å². The summed E-state index contributed by atoms with van der Waals surface area (Å²) in [6.07, 6.45) is 1.26. The first-order chi connectivity index (χ1) is 9.22. The van der Waals surface area contributed by atoms with Gasteiger partial charge >= 0.3 is 0 Å². The molecule has 2 heterocycles. The Morgan fingerprint density at radius 3 is 2.95 bits per heavy atom. The molecule has 2 aromatic rings. The third-order valence-corrected chi connectivity index (χ3v) is 3.28. The zero-order valence-electron chi connectivity index (χ0n) is 9.98. The first-order valence-corrected chi connectivity index (χ1v) is 6.33. The fraction of sp³-hybridized carbons (Fsp3) is 0.250. The highest BCUT2D eigenvalue weighted by molar-refractivity contribution is 6.33. The van der Waals surface area contributed by atoms with Gasteiger partial charge in [0.05, 0.1) is 16.8 Å². The average molecular weight is 278 g/mol. The third kappa shape index (κ3) is 2.53. The van der Waals surface area contributed by atoms with E-state index >= 15 is 0 Å². The SMILES string of the molecule is O=C1CCC(c2nc(Nc3ccccc3Cl)n[nH]2)N1. The fourth-order valence-electron chi connectivity index (χ4n) is 1.99. The van der Waals surface area contributed by atoms with Crippen LogP contribution in [0.1, 0.15) is 24.7 Å². The van der Waals surface area contributed by atoms with Crippen molar-refractivity contribution in [3.05, 3.63) is 35.1 Å². The van der Waals surface area contributed by atoms with Gasteiger partial charge in [-0.1, -0.05) is 23.7 Å². The van der Waals surface area contributed by atoms with Gasteiger partial charge in [-0.05, 0) is 18.6 Å². The monoisotopic (exact) mass is 277 g/mol. The summed E-state index contributed by atoms with van der Waals surface area (Å²) in [5.41, 5.74) is 0.741. The first kappa shape index (κ1) is 12.0. The summed E-state index contributed by atoms with van der Waals surface area (Å²) < 4.78 is 0. The quantitative estimate of drug-likeness (QED) is 0.803. The normalized spacial score (nSPS) is 18.4. The predicted molar refractivity (Wildman–Crippen MR) is 71.2 cm³/mol. The van der Waals surface area contributed by atoms with Crippen molar-refractivity contribution in [2.75, 3.05) is 5.32 Å². The molecule has 6 nitrogen and oxygen atoms in total. The van der Waals surface area contributed by atoms with Crippen molar-refractivity contribution in [1.29, 1.82) is 0 Å². The van der Waals surface area contributed by atoms with Gasteiger partial charge in [-0.15, -0.1) is 5.10 Å². The van der Waals surface area contributed by atoms with E-state index in [1.54, 1.807) is 6.07 Å². The number of nitrogens with zero attached hydrogens (tertiary/aromatic N) is 2. The van der Waals surface area contributed by atoms with Gasteiger partial charge in [0.2, 0.25) is 11.9 Å². The number of halogens is 1. The zero-order chi connectivity index (χ0) is 13.2. The minimum absolute atomic E-state index is 0.0435. The smallest absolute Gasteiger partial charge is 0.246 e. The lowest BCUT2D eigenvalue weighted by Gasteiger charge is -2.04. The molecule has 1 aromatic heterocycles. The van der Waals surface area contributed by atoms with Crippen molar-refractivity contribution in [2.24, 2.45) is 0 Å². The molecule has 7 heteroatoms. The fourth-order valence-corrected chi connectivity index (χ4v) is 2.17. The van der Waals surface area contributed by atoms with E-state index in [-0.39, 0.29) is 11.9 Å². The second kappa shape index (κ2) is 4.89. The van der Waals surface area contributed by atoms with Crippen molar-refractivity contribution in [3.8, 4) is 0 Å². The first-order valence-electron chi connectivity index (χ1n) is 5.95. The van der Waals surface area contributed by atoms with Crippen molar-refractivity contribution in [1.82, 2.24) is 20.5 Å². The number of carbonyl (C=O) groups excluding carboxylic acids is 1. The lowest BCUT2D eigenvalue weighted by Crippen LogP contribution is -2.19. The van der Waals surface area contributed by atoms with Crippen LogP contribution in [0, 0.1) is 0 Å². The Kier molecular flexibility index (Phi) is 3.08. The molecule has 1 saturated heterocycles. The molecule has 98 valence electrons. The molecule has 0 aliphatic carbocycles. The largest absolute Gasteiger partial charge is 0.346 e. The number of hydrogen-bond acceptors (Lipinski definition) is 4. The number of nitrogens with one attached hydrogen (secondary N) is 3. The zero-order valence-corrected chi connectivity index (χ0v) is 10.7. The number of rotatable bonds is 3. The van der Waals surface area contributed by atoms with E-state index in [1.807, 2.05) is 18.2 Å². The molecule has 1 unspecified atom stereocenters. The maximum atomic E-state index is 11.2. The van der Waals surface area contributed by atoms with Crippen molar-refractivity contribution < 1.29 is 4.79 Å². The number of anilines is 2. The van der Waals surface area contributed by atoms with E-state index < -0.39 is 0 Å². The van der Waals surface area contributed by atoms with Gasteiger partial charge in [0, 0.05) is 6.42 Å². The maximum absolute atomic E-state index is 11.2. The average Bonchev–Trinajstić information content (AvgIpc) is 3.01. The number of amides is 1. The summed E-state index contributed by atoms with van der Waals surface area (Å²) in [5, 5.41) is 13.4. The van der Waals surface area contributed by atoms with E-state index in [2.05, 4.69) is 25.8 Å². The molecule has 1 aromatic carbocycles. The highest BCUT2D eigenvalue weighted by Gasteiger charge is 2.25. The molecule has 0 spiro atoms. The van der Waals surface area contributed by atoms with Crippen LogP contribution < -0.4 is 10.6 Å². The number of aromatic amines is 1. The molecular weight excluding hydrogens is 266 g/mol.